The highest BCUT2D eigenvalue weighted by Crippen LogP contribution is 2.32. The molecule has 9 nitrogen and oxygen atoms in total. The molecule has 30 heavy (non-hydrogen) atoms. The molecule has 0 aliphatic rings. The zero-order chi connectivity index (χ0) is 22.0. The zero-order valence-corrected chi connectivity index (χ0v) is 17.1. The van der Waals surface area contributed by atoms with Crippen LogP contribution in [0, 0.1) is 0 Å². The molecule has 158 valence electrons. The molecule has 0 aliphatic heterocycles. The lowest BCUT2D eigenvalue weighted by molar-refractivity contribution is -0.137. The predicted octanol–water partition coefficient (Wildman–Crippen LogP) is 1.30. The van der Waals surface area contributed by atoms with Crippen LogP contribution in [0.5, 0.6) is 0 Å². The summed E-state index contributed by atoms with van der Waals surface area (Å²) in [4.78, 5) is 49.4. The number of hydrogen-bond donors (Lipinski definition) is 2. The third-order valence-corrected chi connectivity index (χ3v) is 5.84. The summed E-state index contributed by atoms with van der Waals surface area (Å²) in [6, 6.07) is 8.71. The van der Waals surface area contributed by atoms with Crippen molar-refractivity contribution in [3.8, 4) is 0 Å². The molecule has 1 aromatic carbocycles. The van der Waals surface area contributed by atoms with Gasteiger partial charge in [-0.15, -0.1) is 11.3 Å². The Balaban J connectivity index is 2.30. The molecule has 10 heteroatoms. The minimum absolute atomic E-state index is 0.0291. The SMILES string of the molecule is CCOC(=O)c1sc2c(c1C[C@H](O)c1ccccc1)c(=O)n(C)c(=O)n2CC(=O)O. The van der Waals surface area contributed by atoms with Gasteiger partial charge < -0.3 is 14.9 Å². The molecule has 0 fully saturated rings. The molecule has 2 N–H and O–H groups in total. The van der Waals surface area contributed by atoms with E-state index in [2.05, 4.69) is 0 Å². The van der Waals surface area contributed by atoms with Crippen molar-refractivity contribution >= 4 is 33.5 Å². The molecule has 3 aromatic rings. The number of carbonyl (C=O) groups is 2. The van der Waals surface area contributed by atoms with Gasteiger partial charge in [-0.2, -0.15) is 0 Å². The summed E-state index contributed by atoms with van der Waals surface area (Å²) in [5.41, 5.74) is -0.660. The van der Waals surface area contributed by atoms with Crippen LogP contribution in [0.15, 0.2) is 39.9 Å². The van der Waals surface area contributed by atoms with Gasteiger partial charge in [-0.25, -0.2) is 9.59 Å². The fourth-order valence-corrected chi connectivity index (χ4v) is 4.41. The molecule has 0 unspecified atom stereocenters. The number of aliphatic hydroxyl groups is 1. The Labute approximate surface area is 174 Å². The van der Waals surface area contributed by atoms with Crippen molar-refractivity contribution in [2.75, 3.05) is 6.61 Å². The summed E-state index contributed by atoms with van der Waals surface area (Å²) in [6.45, 7) is 1.05. The van der Waals surface area contributed by atoms with E-state index in [4.69, 9.17) is 4.74 Å². The van der Waals surface area contributed by atoms with Gasteiger partial charge >= 0.3 is 17.6 Å². The van der Waals surface area contributed by atoms with E-state index < -0.39 is 35.8 Å². The number of aliphatic carboxylic acids is 1. The van der Waals surface area contributed by atoms with Gasteiger partial charge in [0, 0.05) is 13.5 Å². The van der Waals surface area contributed by atoms with E-state index in [1.165, 1.54) is 7.05 Å². The highest BCUT2D eigenvalue weighted by Gasteiger charge is 2.27. The van der Waals surface area contributed by atoms with Crippen molar-refractivity contribution in [1.82, 2.24) is 9.13 Å². The number of nitrogens with zero attached hydrogens (tertiary/aromatic N) is 2. The molecule has 0 saturated heterocycles. The monoisotopic (exact) mass is 432 g/mol. The second-order valence-corrected chi connectivity index (χ2v) is 7.57. The van der Waals surface area contributed by atoms with Gasteiger partial charge in [0.15, 0.2) is 0 Å². The number of carboxylic acid groups (broad SMARTS) is 1. The van der Waals surface area contributed by atoms with Crippen LogP contribution in [0.2, 0.25) is 0 Å². The topological polar surface area (TPSA) is 128 Å². The maximum atomic E-state index is 12.9. The maximum absolute atomic E-state index is 12.9. The summed E-state index contributed by atoms with van der Waals surface area (Å²) in [7, 11) is 1.24. The lowest BCUT2D eigenvalue weighted by Crippen LogP contribution is -2.39. The number of esters is 1. The van der Waals surface area contributed by atoms with Gasteiger partial charge in [0.25, 0.3) is 5.56 Å². The molecule has 0 spiro atoms. The standard InChI is InChI=1S/C20H20N2O7S/c1-3-29-19(27)16-12(9-13(23)11-7-5-4-6-8-11)15-17(26)21(2)20(28)22(10-14(24)25)18(15)30-16/h4-8,13,23H,3,9-10H2,1-2H3,(H,24,25)/t13-/m0/s1. The van der Waals surface area contributed by atoms with Crippen LogP contribution >= 0.6 is 11.3 Å². The molecule has 1 atom stereocenters. The number of carboxylic acids is 1. The van der Waals surface area contributed by atoms with Crippen LogP contribution in [0.1, 0.15) is 33.8 Å². The van der Waals surface area contributed by atoms with Crippen molar-refractivity contribution in [2.45, 2.75) is 26.0 Å². The Morgan fingerprint density at radius 1 is 1.20 bits per heavy atom. The van der Waals surface area contributed by atoms with Gasteiger partial charge in [0.2, 0.25) is 0 Å². The van der Waals surface area contributed by atoms with Gasteiger partial charge in [0.1, 0.15) is 16.3 Å². The van der Waals surface area contributed by atoms with E-state index in [1.807, 2.05) is 0 Å². The van der Waals surface area contributed by atoms with E-state index in [9.17, 15) is 29.4 Å². The number of fused-ring (bicyclic) bond motifs is 1. The lowest BCUT2D eigenvalue weighted by atomic mass is 10.00. The number of benzene rings is 1. The number of hydrogen-bond acceptors (Lipinski definition) is 7. The largest absolute Gasteiger partial charge is 0.480 e. The van der Waals surface area contributed by atoms with Crippen LogP contribution < -0.4 is 11.2 Å². The first-order valence-electron chi connectivity index (χ1n) is 9.13. The van der Waals surface area contributed by atoms with E-state index in [0.29, 0.717) is 5.56 Å². The summed E-state index contributed by atoms with van der Waals surface area (Å²) in [6.07, 6.45) is -1.11. The molecule has 0 saturated carbocycles. The summed E-state index contributed by atoms with van der Waals surface area (Å²) in [5.74, 6) is -1.97. The number of rotatable bonds is 7. The Bertz CT molecular complexity index is 1220. The van der Waals surface area contributed by atoms with E-state index in [-0.39, 0.29) is 33.7 Å². The van der Waals surface area contributed by atoms with Gasteiger partial charge in [-0.1, -0.05) is 30.3 Å². The lowest BCUT2D eigenvalue weighted by Gasteiger charge is -2.12. The van der Waals surface area contributed by atoms with Crippen molar-refractivity contribution < 1.29 is 24.5 Å². The van der Waals surface area contributed by atoms with Crippen molar-refractivity contribution in [3.05, 3.63) is 67.2 Å². The predicted molar refractivity (Wildman–Crippen MR) is 110 cm³/mol. The fourth-order valence-electron chi connectivity index (χ4n) is 3.20. The number of ether oxygens (including phenoxy) is 1. The van der Waals surface area contributed by atoms with Crippen molar-refractivity contribution in [2.24, 2.45) is 7.05 Å². The second-order valence-electron chi connectivity index (χ2n) is 6.57. The van der Waals surface area contributed by atoms with E-state index in [0.717, 1.165) is 20.5 Å². The zero-order valence-electron chi connectivity index (χ0n) is 16.3. The van der Waals surface area contributed by atoms with Crippen LogP contribution in [0.25, 0.3) is 10.2 Å². The first-order chi connectivity index (χ1) is 14.3. The molecule has 0 radical (unpaired) electrons. The number of carbonyl (C=O) groups excluding carboxylic acids is 1. The van der Waals surface area contributed by atoms with Crippen molar-refractivity contribution in [1.29, 1.82) is 0 Å². The van der Waals surface area contributed by atoms with Crippen molar-refractivity contribution in [3.63, 3.8) is 0 Å². The van der Waals surface area contributed by atoms with Crippen LogP contribution in [0.4, 0.5) is 0 Å². The number of aliphatic hydroxyl groups excluding tert-OH is 1. The first kappa shape index (κ1) is 21.5. The Morgan fingerprint density at radius 3 is 2.47 bits per heavy atom. The average Bonchev–Trinajstić information content (AvgIpc) is 3.09. The molecule has 0 bridgehead atoms. The van der Waals surface area contributed by atoms with Crippen LogP contribution in [-0.2, 0) is 29.5 Å². The van der Waals surface area contributed by atoms with Gasteiger partial charge in [0.05, 0.1) is 18.1 Å². The van der Waals surface area contributed by atoms with E-state index >= 15 is 0 Å². The van der Waals surface area contributed by atoms with Crippen LogP contribution in [0.3, 0.4) is 0 Å². The molecular weight excluding hydrogens is 412 g/mol. The summed E-state index contributed by atoms with van der Waals surface area (Å²) < 4.78 is 6.82. The number of thiophene rings is 1. The Morgan fingerprint density at radius 2 is 1.87 bits per heavy atom. The Kier molecular flexibility index (Phi) is 6.18. The molecule has 0 aliphatic carbocycles. The highest BCUT2D eigenvalue weighted by molar-refractivity contribution is 7.20. The highest BCUT2D eigenvalue weighted by atomic mass is 32.1. The van der Waals surface area contributed by atoms with Gasteiger partial charge in [-0.3, -0.25) is 18.7 Å². The normalized spacial score (nSPS) is 12.1. The van der Waals surface area contributed by atoms with Crippen LogP contribution in [-0.4, -0.2) is 37.9 Å². The minimum atomic E-state index is -1.27. The smallest absolute Gasteiger partial charge is 0.348 e. The summed E-state index contributed by atoms with van der Waals surface area (Å²) in [5, 5.41) is 19.9. The second kappa shape index (κ2) is 8.64. The first-order valence-corrected chi connectivity index (χ1v) is 9.95. The third-order valence-electron chi connectivity index (χ3n) is 4.61. The Hall–Kier alpha value is -3.24. The van der Waals surface area contributed by atoms with Gasteiger partial charge in [-0.05, 0) is 18.1 Å². The third kappa shape index (κ3) is 3.91. The quantitative estimate of drug-likeness (QED) is 0.539. The summed E-state index contributed by atoms with van der Waals surface area (Å²) >= 11 is 0.815. The maximum Gasteiger partial charge on any atom is 0.348 e. The molecule has 2 aromatic heterocycles. The molecule has 0 amide bonds. The minimum Gasteiger partial charge on any atom is -0.480 e. The molecule has 2 heterocycles. The average molecular weight is 432 g/mol. The number of aromatic nitrogens is 2. The molecular formula is C20H20N2O7S. The fraction of sp³-hybridized carbons (Fsp3) is 0.300. The molecule has 3 rings (SSSR count). The van der Waals surface area contributed by atoms with E-state index in [1.54, 1.807) is 37.3 Å².